The Morgan fingerprint density at radius 2 is 1.79 bits per heavy atom. The van der Waals surface area contributed by atoms with Crippen molar-refractivity contribution >= 4 is 33.5 Å². The van der Waals surface area contributed by atoms with E-state index in [1.165, 1.54) is 38.5 Å². The van der Waals surface area contributed by atoms with Gasteiger partial charge in [-0.25, -0.2) is 0 Å². The highest BCUT2D eigenvalue weighted by Gasteiger charge is 2.18. The molecule has 0 heterocycles. The van der Waals surface area contributed by atoms with Gasteiger partial charge in [-0.2, -0.15) is 0 Å². The van der Waals surface area contributed by atoms with Gasteiger partial charge >= 0.3 is 0 Å². The molecule has 0 saturated carbocycles. The van der Waals surface area contributed by atoms with Gasteiger partial charge < -0.3 is 9.47 Å². The highest BCUT2D eigenvalue weighted by molar-refractivity contribution is 9.10. The van der Waals surface area contributed by atoms with E-state index in [1.54, 1.807) is 24.3 Å². The van der Waals surface area contributed by atoms with Gasteiger partial charge in [-0.1, -0.05) is 28.1 Å². The zero-order valence-corrected chi connectivity index (χ0v) is 14.6. The number of rotatable bonds is 6. The Labute approximate surface area is 147 Å². The summed E-state index contributed by atoms with van der Waals surface area (Å²) < 4.78 is 10.9. The second kappa shape index (κ2) is 7.74. The summed E-state index contributed by atoms with van der Waals surface area (Å²) in [5, 5.41) is 11.2. The number of allylic oxidation sites excluding steroid dienone is 1. The molecule has 0 saturated heterocycles. The van der Waals surface area contributed by atoms with Crippen LogP contribution in [0.5, 0.6) is 11.5 Å². The first-order chi connectivity index (χ1) is 11.5. The van der Waals surface area contributed by atoms with Crippen LogP contribution in [-0.4, -0.2) is 24.9 Å². The van der Waals surface area contributed by atoms with Gasteiger partial charge in [0.25, 0.3) is 5.69 Å². The normalized spacial score (nSPS) is 10.6. The number of ketones is 1. The fraction of sp³-hybridized carbons (Fsp3) is 0.118. The van der Waals surface area contributed by atoms with Crippen LogP contribution in [0.4, 0.5) is 5.69 Å². The van der Waals surface area contributed by atoms with Gasteiger partial charge in [0.05, 0.1) is 30.8 Å². The average molecular weight is 392 g/mol. The van der Waals surface area contributed by atoms with Crippen molar-refractivity contribution in [3.63, 3.8) is 0 Å². The van der Waals surface area contributed by atoms with Crippen LogP contribution in [0.25, 0.3) is 6.08 Å². The number of nitrogens with zero attached hydrogens (tertiary/aromatic N) is 1. The number of carbonyl (C=O) groups excluding carboxylic acids is 1. The second-order valence-electron chi connectivity index (χ2n) is 4.70. The summed E-state index contributed by atoms with van der Waals surface area (Å²) in [7, 11) is 2.83. The highest BCUT2D eigenvalue weighted by atomic mass is 79.9. The van der Waals surface area contributed by atoms with Crippen LogP contribution in [0.3, 0.4) is 0 Å². The molecule has 124 valence electrons. The maximum absolute atomic E-state index is 12.3. The third-order valence-electron chi connectivity index (χ3n) is 3.28. The van der Waals surface area contributed by atoms with E-state index in [2.05, 4.69) is 15.9 Å². The number of nitro benzene ring substituents is 1. The van der Waals surface area contributed by atoms with Gasteiger partial charge in [0, 0.05) is 10.0 Å². The van der Waals surface area contributed by atoms with Gasteiger partial charge in [-0.15, -0.1) is 0 Å². The molecule has 2 rings (SSSR count). The van der Waals surface area contributed by atoms with Crippen molar-refractivity contribution in [2.75, 3.05) is 14.2 Å². The third-order valence-corrected chi connectivity index (χ3v) is 3.97. The molecule has 0 fully saturated rings. The van der Waals surface area contributed by atoms with Crippen molar-refractivity contribution in [3.05, 3.63) is 68.2 Å². The molecule has 0 aliphatic rings. The Kier molecular flexibility index (Phi) is 5.70. The van der Waals surface area contributed by atoms with Crippen LogP contribution < -0.4 is 9.47 Å². The lowest BCUT2D eigenvalue weighted by atomic mass is 10.1. The number of carbonyl (C=O) groups is 1. The Balaban J connectivity index is 2.43. The van der Waals surface area contributed by atoms with Crippen LogP contribution in [0.15, 0.2) is 46.9 Å². The number of nitro groups is 1. The Hall–Kier alpha value is -2.67. The van der Waals surface area contributed by atoms with E-state index in [1.807, 2.05) is 0 Å². The molecule has 0 aromatic heterocycles. The molecule has 0 amide bonds. The Morgan fingerprint density at radius 1 is 1.17 bits per heavy atom. The summed E-state index contributed by atoms with van der Waals surface area (Å²) in [6.45, 7) is 0. The second-order valence-corrected chi connectivity index (χ2v) is 5.55. The zero-order chi connectivity index (χ0) is 17.7. The van der Waals surface area contributed by atoms with Gasteiger partial charge in [0.2, 0.25) is 0 Å². The monoisotopic (exact) mass is 391 g/mol. The van der Waals surface area contributed by atoms with E-state index in [9.17, 15) is 14.9 Å². The fourth-order valence-electron chi connectivity index (χ4n) is 2.09. The van der Waals surface area contributed by atoms with Crippen LogP contribution >= 0.6 is 15.9 Å². The lowest BCUT2D eigenvalue weighted by Gasteiger charge is -2.08. The van der Waals surface area contributed by atoms with Crippen molar-refractivity contribution in [2.24, 2.45) is 0 Å². The summed E-state index contributed by atoms with van der Waals surface area (Å²) in [5.41, 5.74) is 0.541. The minimum atomic E-state index is -0.537. The predicted octanol–water partition coefficient (Wildman–Crippen LogP) is 4.27. The quantitative estimate of drug-likeness (QED) is 0.318. The van der Waals surface area contributed by atoms with Crippen molar-refractivity contribution in [3.8, 4) is 11.5 Å². The van der Waals surface area contributed by atoms with E-state index in [-0.39, 0.29) is 22.8 Å². The van der Waals surface area contributed by atoms with Gasteiger partial charge in [0.1, 0.15) is 0 Å². The average Bonchev–Trinajstić information content (AvgIpc) is 2.59. The first-order valence-corrected chi connectivity index (χ1v) is 7.64. The van der Waals surface area contributed by atoms with E-state index in [4.69, 9.17) is 9.47 Å². The molecule has 0 aliphatic heterocycles. The van der Waals surface area contributed by atoms with Crippen LogP contribution in [0.2, 0.25) is 0 Å². The SMILES string of the molecule is COc1cc(/C=C/C(=O)c2ccccc2Br)c([N+](=O)[O-])cc1OC. The first-order valence-electron chi connectivity index (χ1n) is 6.85. The molecule has 2 aromatic rings. The number of methoxy groups -OCH3 is 2. The third kappa shape index (κ3) is 3.80. The van der Waals surface area contributed by atoms with Crippen molar-refractivity contribution < 1.29 is 19.2 Å². The van der Waals surface area contributed by atoms with E-state index in [0.29, 0.717) is 15.8 Å². The molecule has 0 aliphatic carbocycles. The topological polar surface area (TPSA) is 78.7 Å². The molecular formula is C17H14BrNO5. The lowest BCUT2D eigenvalue weighted by Crippen LogP contribution is -1.98. The highest BCUT2D eigenvalue weighted by Crippen LogP contribution is 2.35. The van der Waals surface area contributed by atoms with Gasteiger partial charge in [-0.05, 0) is 30.4 Å². The molecule has 0 atom stereocenters. The number of halogens is 1. The van der Waals surface area contributed by atoms with E-state index in [0.717, 1.165) is 0 Å². The predicted molar refractivity (Wildman–Crippen MR) is 93.7 cm³/mol. The molecule has 0 bridgehead atoms. The summed E-state index contributed by atoms with van der Waals surface area (Å²) >= 11 is 3.30. The maximum Gasteiger partial charge on any atom is 0.280 e. The molecule has 7 heteroatoms. The summed E-state index contributed by atoms with van der Waals surface area (Å²) in [6.07, 6.45) is 2.68. The molecule has 2 aromatic carbocycles. The standard InChI is InChI=1S/C17H14BrNO5/c1-23-16-9-11(14(19(21)22)10-17(16)24-2)7-8-15(20)12-5-3-4-6-13(12)18/h3-10H,1-2H3/b8-7+. The largest absolute Gasteiger partial charge is 0.493 e. The van der Waals surface area contributed by atoms with Crippen molar-refractivity contribution in [1.82, 2.24) is 0 Å². The minimum absolute atomic E-state index is 0.177. The van der Waals surface area contributed by atoms with Crippen LogP contribution in [0, 0.1) is 10.1 Å². The smallest absolute Gasteiger partial charge is 0.280 e. The fourth-order valence-corrected chi connectivity index (χ4v) is 2.57. The molecule has 0 spiro atoms. The summed E-state index contributed by atoms with van der Waals surface area (Å²) in [6, 6.07) is 9.68. The van der Waals surface area contributed by atoms with Crippen molar-refractivity contribution in [2.45, 2.75) is 0 Å². The zero-order valence-electron chi connectivity index (χ0n) is 13.0. The van der Waals surface area contributed by atoms with E-state index < -0.39 is 4.92 Å². The maximum atomic E-state index is 12.3. The first kappa shape index (κ1) is 17.7. The minimum Gasteiger partial charge on any atom is -0.493 e. The molecule has 6 nitrogen and oxygen atoms in total. The molecule has 0 radical (unpaired) electrons. The molecular weight excluding hydrogens is 378 g/mol. The Bertz CT molecular complexity index is 817. The summed E-state index contributed by atoms with van der Waals surface area (Å²) in [5.74, 6) is 0.320. The number of hydrogen-bond donors (Lipinski definition) is 0. The molecule has 0 unspecified atom stereocenters. The van der Waals surface area contributed by atoms with E-state index >= 15 is 0 Å². The number of ether oxygens (including phenoxy) is 2. The van der Waals surface area contributed by atoms with Gasteiger partial charge in [0.15, 0.2) is 17.3 Å². The Morgan fingerprint density at radius 3 is 2.38 bits per heavy atom. The van der Waals surface area contributed by atoms with Crippen LogP contribution in [0.1, 0.15) is 15.9 Å². The van der Waals surface area contributed by atoms with Crippen LogP contribution in [-0.2, 0) is 0 Å². The number of benzene rings is 2. The molecule has 0 N–H and O–H groups in total. The number of hydrogen-bond acceptors (Lipinski definition) is 5. The molecule has 24 heavy (non-hydrogen) atoms. The summed E-state index contributed by atoms with van der Waals surface area (Å²) in [4.78, 5) is 23.0. The van der Waals surface area contributed by atoms with Crippen molar-refractivity contribution in [1.29, 1.82) is 0 Å². The van der Waals surface area contributed by atoms with Gasteiger partial charge in [-0.3, -0.25) is 14.9 Å². The lowest BCUT2D eigenvalue weighted by molar-refractivity contribution is -0.385.